The predicted octanol–water partition coefficient (Wildman–Crippen LogP) is 1.88. The van der Waals surface area contributed by atoms with Crippen LogP contribution in [0.1, 0.15) is 33.4 Å². The number of benzene rings is 1. The van der Waals surface area contributed by atoms with Gasteiger partial charge in [0.15, 0.2) is 5.69 Å². The molecule has 1 aliphatic heterocycles. The smallest absolute Gasteiger partial charge is 0.274 e. The van der Waals surface area contributed by atoms with Crippen LogP contribution >= 0.6 is 0 Å². The van der Waals surface area contributed by atoms with Crippen LogP contribution in [0, 0.1) is 0 Å². The summed E-state index contributed by atoms with van der Waals surface area (Å²) in [5.74, 6) is 0.523. The highest BCUT2D eigenvalue weighted by atomic mass is 16.5. The van der Waals surface area contributed by atoms with E-state index in [0.29, 0.717) is 24.5 Å². The normalized spacial score (nSPS) is 15.8. The van der Waals surface area contributed by atoms with Crippen LogP contribution in [0.2, 0.25) is 0 Å². The first kappa shape index (κ1) is 17.2. The molecule has 1 N–H and O–H groups in total. The van der Waals surface area contributed by atoms with Crippen LogP contribution in [0.25, 0.3) is 0 Å². The van der Waals surface area contributed by atoms with Gasteiger partial charge in [-0.15, -0.1) is 5.10 Å². The molecule has 1 atom stereocenters. The van der Waals surface area contributed by atoms with Crippen molar-refractivity contribution < 1.29 is 14.3 Å². The van der Waals surface area contributed by atoms with E-state index in [1.54, 1.807) is 24.2 Å². The minimum atomic E-state index is -0.272. The van der Waals surface area contributed by atoms with E-state index in [2.05, 4.69) is 20.6 Å². The number of hydrogen-bond donors (Lipinski definition) is 1. The molecule has 1 aromatic carbocycles. The lowest BCUT2D eigenvalue weighted by atomic mass is 10.1. The maximum absolute atomic E-state index is 12.5. The van der Waals surface area contributed by atoms with Gasteiger partial charge >= 0.3 is 0 Å². The van der Waals surface area contributed by atoms with E-state index in [4.69, 9.17) is 9.47 Å². The van der Waals surface area contributed by atoms with Crippen LogP contribution in [0.5, 0.6) is 5.75 Å². The largest absolute Gasteiger partial charge is 0.497 e. The summed E-state index contributed by atoms with van der Waals surface area (Å²) in [7, 11) is 1.63. The molecule has 0 saturated heterocycles. The predicted molar refractivity (Wildman–Crippen MR) is 96.0 cm³/mol. The molecular formula is C19H19N5O3. The van der Waals surface area contributed by atoms with Gasteiger partial charge in [0.25, 0.3) is 5.91 Å². The molecule has 0 radical (unpaired) electrons. The molecule has 0 saturated carbocycles. The molecule has 4 rings (SSSR count). The summed E-state index contributed by atoms with van der Waals surface area (Å²) >= 11 is 0. The number of hydrogen-bond acceptors (Lipinski definition) is 6. The van der Waals surface area contributed by atoms with E-state index in [9.17, 15) is 4.79 Å². The Morgan fingerprint density at radius 2 is 2.19 bits per heavy atom. The summed E-state index contributed by atoms with van der Waals surface area (Å²) in [5, 5.41) is 11.0. The van der Waals surface area contributed by atoms with Gasteiger partial charge in [0.2, 0.25) is 0 Å². The number of rotatable bonds is 5. The highest BCUT2D eigenvalue weighted by molar-refractivity contribution is 5.93. The molecule has 0 spiro atoms. The Labute approximate surface area is 156 Å². The molecule has 0 fully saturated rings. The van der Waals surface area contributed by atoms with Crippen LogP contribution in [-0.2, 0) is 24.4 Å². The van der Waals surface area contributed by atoms with E-state index in [1.807, 2.05) is 36.4 Å². The topological polar surface area (TPSA) is 91.2 Å². The van der Waals surface area contributed by atoms with Gasteiger partial charge in [0.05, 0.1) is 26.0 Å². The Hall–Kier alpha value is -3.26. The van der Waals surface area contributed by atoms with Gasteiger partial charge in [0, 0.05) is 18.9 Å². The number of fused-ring (bicyclic) bond motifs is 1. The molecule has 0 bridgehead atoms. The Balaban J connectivity index is 1.44. The average molecular weight is 365 g/mol. The fourth-order valence-electron chi connectivity index (χ4n) is 2.98. The van der Waals surface area contributed by atoms with Crippen LogP contribution in [0.3, 0.4) is 0 Å². The Morgan fingerprint density at radius 1 is 1.33 bits per heavy atom. The van der Waals surface area contributed by atoms with Crippen molar-refractivity contribution in [2.24, 2.45) is 0 Å². The Bertz CT molecular complexity index is 924. The number of amides is 1. The van der Waals surface area contributed by atoms with E-state index < -0.39 is 0 Å². The zero-order chi connectivity index (χ0) is 18.6. The number of aromatic nitrogens is 4. The van der Waals surface area contributed by atoms with Crippen molar-refractivity contribution in [1.29, 1.82) is 0 Å². The number of nitrogens with zero attached hydrogens (tertiary/aromatic N) is 4. The number of carbonyl (C=O) groups excluding carboxylic acids is 1. The molecule has 3 heterocycles. The van der Waals surface area contributed by atoms with E-state index in [0.717, 1.165) is 16.9 Å². The van der Waals surface area contributed by atoms with E-state index >= 15 is 0 Å². The second-order valence-corrected chi connectivity index (χ2v) is 6.18. The molecule has 1 aliphatic rings. The van der Waals surface area contributed by atoms with Crippen molar-refractivity contribution in [3.05, 3.63) is 71.3 Å². The lowest BCUT2D eigenvalue weighted by Gasteiger charge is -2.24. The minimum absolute atomic E-state index is 0.142. The van der Waals surface area contributed by atoms with E-state index in [1.165, 1.54) is 0 Å². The summed E-state index contributed by atoms with van der Waals surface area (Å²) < 4.78 is 12.9. The van der Waals surface area contributed by atoms with Crippen molar-refractivity contribution in [2.45, 2.75) is 25.8 Å². The fraction of sp³-hybridized carbons (Fsp3) is 0.263. The SMILES string of the molecule is COc1ccc(C2Cn3nnc(C(=O)NCc4cccnc4)c3CO2)cc1. The number of ether oxygens (including phenoxy) is 2. The van der Waals surface area contributed by atoms with Crippen molar-refractivity contribution >= 4 is 5.91 Å². The van der Waals surface area contributed by atoms with Crippen molar-refractivity contribution in [2.75, 3.05) is 7.11 Å². The lowest BCUT2D eigenvalue weighted by Crippen LogP contribution is -2.27. The number of methoxy groups -OCH3 is 1. The highest BCUT2D eigenvalue weighted by Crippen LogP contribution is 2.28. The zero-order valence-corrected chi connectivity index (χ0v) is 14.8. The van der Waals surface area contributed by atoms with Crippen molar-refractivity contribution in [3.63, 3.8) is 0 Å². The van der Waals surface area contributed by atoms with Crippen LogP contribution in [0.15, 0.2) is 48.8 Å². The van der Waals surface area contributed by atoms with Gasteiger partial charge in [-0.3, -0.25) is 9.78 Å². The quantitative estimate of drug-likeness (QED) is 0.742. The zero-order valence-electron chi connectivity index (χ0n) is 14.8. The number of nitrogens with one attached hydrogen (secondary N) is 1. The van der Waals surface area contributed by atoms with Gasteiger partial charge in [-0.05, 0) is 29.3 Å². The van der Waals surface area contributed by atoms with Gasteiger partial charge in [0.1, 0.15) is 11.9 Å². The first-order valence-electron chi connectivity index (χ1n) is 8.59. The minimum Gasteiger partial charge on any atom is -0.497 e. The second kappa shape index (κ2) is 7.55. The molecule has 1 amide bonds. The molecule has 3 aromatic rings. The van der Waals surface area contributed by atoms with Crippen molar-refractivity contribution in [3.8, 4) is 5.75 Å². The van der Waals surface area contributed by atoms with Gasteiger partial charge < -0.3 is 14.8 Å². The first-order valence-corrected chi connectivity index (χ1v) is 8.59. The third-order valence-electron chi connectivity index (χ3n) is 4.48. The maximum atomic E-state index is 12.5. The van der Waals surface area contributed by atoms with Gasteiger partial charge in [-0.1, -0.05) is 23.4 Å². The molecule has 1 unspecified atom stereocenters. The molecule has 8 heteroatoms. The summed E-state index contributed by atoms with van der Waals surface area (Å²) in [6.45, 7) is 1.16. The van der Waals surface area contributed by atoms with Gasteiger partial charge in [-0.2, -0.15) is 0 Å². The van der Waals surface area contributed by atoms with Crippen LogP contribution < -0.4 is 10.1 Å². The second-order valence-electron chi connectivity index (χ2n) is 6.18. The highest BCUT2D eigenvalue weighted by Gasteiger charge is 2.27. The molecule has 8 nitrogen and oxygen atoms in total. The van der Waals surface area contributed by atoms with Crippen LogP contribution in [0.4, 0.5) is 0 Å². The number of carbonyl (C=O) groups is 1. The third kappa shape index (κ3) is 3.65. The summed E-state index contributed by atoms with van der Waals surface area (Å²) in [4.78, 5) is 16.5. The number of pyridine rings is 1. The van der Waals surface area contributed by atoms with E-state index in [-0.39, 0.29) is 18.6 Å². The standard InChI is InChI=1S/C19H19N5O3/c1-26-15-6-4-14(5-7-15)17-11-24-16(12-27-17)18(22-23-24)19(25)21-10-13-3-2-8-20-9-13/h2-9,17H,10-12H2,1H3,(H,21,25). The molecule has 0 aliphatic carbocycles. The average Bonchev–Trinajstić information content (AvgIpc) is 3.16. The Kier molecular flexibility index (Phi) is 4.80. The molecule has 27 heavy (non-hydrogen) atoms. The summed E-state index contributed by atoms with van der Waals surface area (Å²) in [5.41, 5.74) is 2.93. The first-order chi connectivity index (χ1) is 13.2. The summed E-state index contributed by atoms with van der Waals surface area (Å²) in [6.07, 6.45) is 3.26. The van der Waals surface area contributed by atoms with Crippen LogP contribution in [-0.4, -0.2) is 33.0 Å². The Morgan fingerprint density at radius 3 is 2.93 bits per heavy atom. The third-order valence-corrected chi connectivity index (χ3v) is 4.48. The maximum Gasteiger partial charge on any atom is 0.274 e. The van der Waals surface area contributed by atoms with Gasteiger partial charge in [-0.25, -0.2) is 4.68 Å². The summed E-state index contributed by atoms with van der Waals surface area (Å²) in [6, 6.07) is 11.4. The molecule has 2 aromatic heterocycles. The lowest BCUT2D eigenvalue weighted by molar-refractivity contribution is -0.00179. The molecule has 138 valence electrons. The fourth-order valence-corrected chi connectivity index (χ4v) is 2.98. The monoisotopic (exact) mass is 365 g/mol. The van der Waals surface area contributed by atoms with Crippen molar-refractivity contribution in [1.82, 2.24) is 25.3 Å². The molecular weight excluding hydrogens is 346 g/mol.